The van der Waals surface area contributed by atoms with E-state index in [1.54, 1.807) is 0 Å². The van der Waals surface area contributed by atoms with E-state index in [2.05, 4.69) is 15.0 Å². The van der Waals surface area contributed by atoms with Gasteiger partial charge in [-0.2, -0.15) is 0 Å². The topological polar surface area (TPSA) is 93.0 Å². The van der Waals surface area contributed by atoms with Gasteiger partial charge in [0.1, 0.15) is 6.17 Å². The number of halogens is 1. The number of nitrogens with zero attached hydrogens (tertiary/aromatic N) is 3. The second-order valence-electron chi connectivity index (χ2n) is 4.14. The maximum Gasteiger partial charge on any atom is 0.278 e. The lowest BCUT2D eigenvalue weighted by atomic mass is 10.2. The molecule has 7 nitrogen and oxygen atoms in total. The van der Waals surface area contributed by atoms with Crippen molar-refractivity contribution >= 4 is 11.2 Å². The molecule has 1 saturated heterocycles. The predicted molar refractivity (Wildman–Crippen MR) is 58.7 cm³/mol. The molecular formula is C10H11FN4O3. The number of ether oxygens (including phenoxy) is 1. The smallest absolute Gasteiger partial charge is 0.278 e. The van der Waals surface area contributed by atoms with E-state index in [9.17, 15) is 9.18 Å². The molecule has 1 aliphatic rings. The van der Waals surface area contributed by atoms with Crippen LogP contribution in [0.15, 0.2) is 17.4 Å². The van der Waals surface area contributed by atoms with Crippen LogP contribution in [-0.4, -0.2) is 43.5 Å². The molecule has 3 heterocycles. The van der Waals surface area contributed by atoms with Gasteiger partial charge in [0, 0.05) is 6.42 Å². The molecule has 2 aromatic heterocycles. The van der Waals surface area contributed by atoms with E-state index in [-0.39, 0.29) is 29.8 Å². The lowest BCUT2D eigenvalue weighted by molar-refractivity contribution is -0.0351. The Morgan fingerprint density at radius 2 is 2.44 bits per heavy atom. The van der Waals surface area contributed by atoms with Crippen molar-refractivity contribution in [2.75, 3.05) is 6.61 Å². The van der Waals surface area contributed by atoms with Gasteiger partial charge in [0.05, 0.1) is 25.4 Å². The van der Waals surface area contributed by atoms with Crippen LogP contribution >= 0.6 is 0 Å². The highest BCUT2D eigenvalue weighted by atomic mass is 19.1. The van der Waals surface area contributed by atoms with E-state index in [1.165, 1.54) is 17.2 Å². The lowest BCUT2D eigenvalue weighted by Crippen LogP contribution is -2.17. The monoisotopic (exact) mass is 254 g/mol. The second kappa shape index (κ2) is 4.14. The first-order valence-corrected chi connectivity index (χ1v) is 5.51. The van der Waals surface area contributed by atoms with Gasteiger partial charge in [-0.1, -0.05) is 0 Å². The fraction of sp³-hybridized carbons (Fsp3) is 0.500. The van der Waals surface area contributed by atoms with E-state index >= 15 is 0 Å². The Bertz CT molecular complexity index is 625. The van der Waals surface area contributed by atoms with Crippen LogP contribution in [0.1, 0.15) is 12.6 Å². The summed E-state index contributed by atoms with van der Waals surface area (Å²) in [4.78, 5) is 21.7. The fourth-order valence-corrected chi connectivity index (χ4v) is 2.11. The molecule has 2 aromatic rings. The minimum Gasteiger partial charge on any atom is -0.394 e. The summed E-state index contributed by atoms with van der Waals surface area (Å²) >= 11 is 0. The van der Waals surface area contributed by atoms with Crippen molar-refractivity contribution in [1.82, 2.24) is 19.5 Å². The number of H-pyrrole nitrogens is 1. The zero-order valence-corrected chi connectivity index (χ0v) is 9.28. The maximum absolute atomic E-state index is 13.8. The van der Waals surface area contributed by atoms with Gasteiger partial charge in [-0.3, -0.25) is 9.36 Å². The lowest BCUT2D eigenvalue weighted by Gasteiger charge is -2.14. The Kier molecular flexibility index (Phi) is 2.60. The Morgan fingerprint density at radius 1 is 1.61 bits per heavy atom. The van der Waals surface area contributed by atoms with Gasteiger partial charge >= 0.3 is 0 Å². The third kappa shape index (κ3) is 1.61. The molecule has 0 spiro atoms. The van der Waals surface area contributed by atoms with Crippen molar-refractivity contribution in [3.8, 4) is 0 Å². The van der Waals surface area contributed by atoms with E-state index in [0.29, 0.717) is 0 Å². The summed E-state index contributed by atoms with van der Waals surface area (Å²) in [7, 11) is 0. The van der Waals surface area contributed by atoms with Crippen LogP contribution in [0.3, 0.4) is 0 Å². The highest BCUT2D eigenvalue weighted by Crippen LogP contribution is 2.32. The van der Waals surface area contributed by atoms with E-state index in [0.717, 1.165) is 0 Å². The van der Waals surface area contributed by atoms with Gasteiger partial charge in [0.2, 0.25) is 0 Å². The van der Waals surface area contributed by atoms with Gasteiger partial charge < -0.3 is 14.8 Å². The van der Waals surface area contributed by atoms with E-state index < -0.39 is 18.5 Å². The van der Waals surface area contributed by atoms with Crippen LogP contribution in [0.4, 0.5) is 4.39 Å². The van der Waals surface area contributed by atoms with Crippen molar-refractivity contribution in [3.63, 3.8) is 0 Å². The van der Waals surface area contributed by atoms with Crippen LogP contribution < -0.4 is 5.56 Å². The molecule has 96 valence electrons. The Hall–Kier alpha value is -1.80. The van der Waals surface area contributed by atoms with Crippen molar-refractivity contribution < 1.29 is 14.2 Å². The number of hydrogen-bond donors (Lipinski definition) is 2. The predicted octanol–water partition coefficient (Wildman–Crippen LogP) is -0.263. The average molecular weight is 254 g/mol. The number of aliphatic hydroxyl groups is 1. The largest absolute Gasteiger partial charge is 0.394 e. The van der Waals surface area contributed by atoms with E-state index in [1.807, 2.05) is 0 Å². The van der Waals surface area contributed by atoms with Crippen LogP contribution in [0.25, 0.3) is 11.2 Å². The maximum atomic E-state index is 13.8. The molecule has 0 bridgehead atoms. The molecule has 3 atom stereocenters. The molecule has 0 unspecified atom stereocenters. The number of aromatic amines is 1. The van der Waals surface area contributed by atoms with Gasteiger partial charge in [-0.25, -0.2) is 14.4 Å². The Balaban J connectivity index is 2.05. The number of fused-ring (bicyclic) bond motifs is 1. The van der Waals surface area contributed by atoms with Crippen molar-refractivity contribution in [1.29, 1.82) is 0 Å². The molecule has 1 aliphatic heterocycles. The zero-order valence-electron chi connectivity index (χ0n) is 9.28. The third-order valence-electron chi connectivity index (χ3n) is 2.97. The normalized spacial score (nSPS) is 28.0. The van der Waals surface area contributed by atoms with Crippen LogP contribution in [0, 0.1) is 0 Å². The molecule has 0 radical (unpaired) electrons. The van der Waals surface area contributed by atoms with Gasteiger partial charge in [-0.05, 0) is 0 Å². The molecule has 3 rings (SSSR count). The average Bonchev–Trinajstić information content (AvgIpc) is 2.93. The van der Waals surface area contributed by atoms with Crippen molar-refractivity contribution in [3.05, 3.63) is 23.0 Å². The summed E-state index contributed by atoms with van der Waals surface area (Å²) < 4.78 is 20.6. The highest BCUT2D eigenvalue weighted by molar-refractivity contribution is 5.68. The minimum atomic E-state index is -1.26. The quantitative estimate of drug-likeness (QED) is 0.770. The van der Waals surface area contributed by atoms with Gasteiger partial charge in [0.25, 0.3) is 5.56 Å². The summed E-state index contributed by atoms with van der Waals surface area (Å²) in [5.74, 6) is 0. The molecule has 8 heteroatoms. The van der Waals surface area contributed by atoms with Crippen molar-refractivity contribution in [2.45, 2.75) is 24.9 Å². The molecule has 0 aromatic carbocycles. The van der Waals surface area contributed by atoms with Crippen LogP contribution in [-0.2, 0) is 4.74 Å². The second-order valence-corrected chi connectivity index (χ2v) is 4.14. The summed E-state index contributed by atoms with van der Waals surface area (Å²) in [6, 6.07) is 0. The zero-order chi connectivity index (χ0) is 12.7. The number of nitrogens with one attached hydrogen (secondary N) is 1. The van der Waals surface area contributed by atoms with Gasteiger partial charge in [-0.15, -0.1) is 0 Å². The Morgan fingerprint density at radius 3 is 3.17 bits per heavy atom. The third-order valence-corrected chi connectivity index (χ3v) is 2.97. The highest BCUT2D eigenvalue weighted by Gasteiger charge is 2.37. The number of hydrogen-bond acceptors (Lipinski definition) is 5. The molecular weight excluding hydrogens is 243 g/mol. The molecule has 1 fully saturated rings. The first kappa shape index (κ1) is 11.3. The van der Waals surface area contributed by atoms with Crippen LogP contribution in [0.5, 0.6) is 0 Å². The molecule has 0 aliphatic carbocycles. The molecule has 0 amide bonds. The molecule has 0 saturated carbocycles. The Labute approximate surface area is 100 Å². The number of alkyl halides is 1. The summed E-state index contributed by atoms with van der Waals surface area (Å²) in [6.45, 7) is -0.239. The number of aliphatic hydroxyl groups excluding tert-OH is 1. The number of imidazole rings is 1. The number of rotatable bonds is 2. The SMILES string of the molecule is O=c1[nH]cnc2c1ncn2[C@H]1O[C@@H](CO)C[C@H]1F. The number of aromatic nitrogens is 4. The fourth-order valence-electron chi connectivity index (χ4n) is 2.11. The van der Waals surface area contributed by atoms with Crippen LogP contribution in [0.2, 0.25) is 0 Å². The minimum absolute atomic E-state index is 0.115. The molecule has 18 heavy (non-hydrogen) atoms. The van der Waals surface area contributed by atoms with E-state index in [4.69, 9.17) is 9.84 Å². The van der Waals surface area contributed by atoms with Crippen molar-refractivity contribution in [2.24, 2.45) is 0 Å². The standard InChI is InChI=1S/C10H11FN4O3/c11-6-1-5(2-16)18-10(6)15-4-14-7-8(15)12-3-13-9(7)17/h3-6,10,16H,1-2H2,(H,12,13,17)/t5-,6-,10+/m1/s1. The first-order chi connectivity index (χ1) is 8.70. The summed E-state index contributed by atoms with van der Waals surface area (Å²) in [6.07, 6.45) is -0.0331. The van der Waals surface area contributed by atoms with Gasteiger partial charge in [0.15, 0.2) is 17.4 Å². The summed E-state index contributed by atoms with van der Waals surface area (Å²) in [5, 5.41) is 8.97. The first-order valence-electron chi connectivity index (χ1n) is 5.51. The molecule has 2 N–H and O–H groups in total. The summed E-state index contributed by atoms with van der Waals surface area (Å²) in [5.41, 5.74) is 0.0246.